The van der Waals surface area contributed by atoms with Crippen LogP contribution in [-0.2, 0) is 16.0 Å². The summed E-state index contributed by atoms with van der Waals surface area (Å²) in [6, 6.07) is 20.8. The molecule has 1 amide bonds. The Balaban J connectivity index is 1.49. The number of Topliss-reactive ketones (excluding diaryl/α,β-unsaturated/α-hetero) is 1. The van der Waals surface area contributed by atoms with E-state index in [1.165, 1.54) is 0 Å². The number of aromatic nitrogens is 2. The molecule has 1 aliphatic heterocycles. The second-order valence-electron chi connectivity index (χ2n) is 10.3. The van der Waals surface area contributed by atoms with E-state index >= 15 is 0 Å². The van der Waals surface area contributed by atoms with Gasteiger partial charge in [0.05, 0.1) is 17.7 Å². The predicted octanol–water partition coefficient (Wildman–Crippen LogP) is 3.08. The highest BCUT2D eigenvalue weighted by Crippen LogP contribution is 2.28. The molecule has 8 nitrogen and oxygen atoms in total. The standard InChI is InChI=1S/C29H35BN4O4/c1-20(2)17-27(30(37)38)33-28(36)23(18-21-9-5-3-6-10-21)19-26(35)25-14-16-34(25)29-31-15-13-24(32-29)22-11-7-4-8-12-22/h3-13,15,20,23,25,27,37-38H,14,16-19H2,1-2H3,(H,33,36)/t23-,25+,27?/m1/s1. The van der Waals surface area contributed by atoms with Crippen LogP contribution in [0.1, 0.15) is 38.7 Å². The number of nitrogens with one attached hydrogen (secondary N) is 1. The minimum atomic E-state index is -1.68. The Morgan fingerprint density at radius 1 is 1.05 bits per heavy atom. The van der Waals surface area contributed by atoms with E-state index in [0.29, 0.717) is 31.8 Å². The van der Waals surface area contributed by atoms with Gasteiger partial charge in [0.15, 0.2) is 5.78 Å². The fraction of sp³-hybridized carbons (Fsp3) is 0.379. The van der Waals surface area contributed by atoms with Gasteiger partial charge in [-0.2, -0.15) is 0 Å². The maximum Gasteiger partial charge on any atom is 0.475 e. The first kappa shape index (κ1) is 27.5. The number of benzene rings is 2. The summed E-state index contributed by atoms with van der Waals surface area (Å²) in [7, 11) is -1.68. The van der Waals surface area contributed by atoms with Crippen molar-refractivity contribution in [3.8, 4) is 11.3 Å². The van der Waals surface area contributed by atoms with Crippen molar-refractivity contribution in [3.63, 3.8) is 0 Å². The van der Waals surface area contributed by atoms with Gasteiger partial charge in [-0.3, -0.25) is 9.59 Å². The first-order chi connectivity index (χ1) is 18.3. The van der Waals surface area contributed by atoms with Gasteiger partial charge in [-0.05, 0) is 36.8 Å². The molecule has 2 aromatic carbocycles. The molecule has 4 rings (SSSR count). The van der Waals surface area contributed by atoms with Crippen LogP contribution in [0.2, 0.25) is 0 Å². The first-order valence-electron chi connectivity index (χ1n) is 13.2. The summed E-state index contributed by atoms with van der Waals surface area (Å²) < 4.78 is 0. The zero-order valence-corrected chi connectivity index (χ0v) is 21.9. The molecule has 0 bridgehead atoms. The predicted molar refractivity (Wildman–Crippen MR) is 148 cm³/mol. The van der Waals surface area contributed by atoms with E-state index in [9.17, 15) is 19.6 Å². The molecular weight excluding hydrogens is 479 g/mol. The highest BCUT2D eigenvalue weighted by Gasteiger charge is 2.38. The molecule has 0 saturated carbocycles. The molecule has 0 radical (unpaired) electrons. The molecule has 0 aliphatic carbocycles. The lowest BCUT2D eigenvalue weighted by Gasteiger charge is -2.40. The lowest BCUT2D eigenvalue weighted by molar-refractivity contribution is -0.130. The van der Waals surface area contributed by atoms with Crippen molar-refractivity contribution < 1.29 is 19.6 Å². The Morgan fingerprint density at radius 2 is 1.74 bits per heavy atom. The van der Waals surface area contributed by atoms with Gasteiger partial charge < -0.3 is 20.3 Å². The van der Waals surface area contributed by atoms with E-state index in [0.717, 1.165) is 16.8 Å². The SMILES string of the molecule is CC(C)CC(NC(=O)[C@@H](CC(=O)[C@@H]1CCN1c1nccc(-c2ccccc2)n1)Cc1ccccc1)B(O)O. The second kappa shape index (κ2) is 12.8. The molecule has 1 aliphatic rings. The third kappa shape index (κ3) is 7.05. The Morgan fingerprint density at radius 3 is 2.34 bits per heavy atom. The van der Waals surface area contributed by atoms with Crippen LogP contribution in [0, 0.1) is 11.8 Å². The number of carbonyl (C=O) groups is 2. The number of carbonyl (C=O) groups excluding carboxylic acids is 2. The highest BCUT2D eigenvalue weighted by atomic mass is 16.4. The smallest absolute Gasteiger partial charge is 0.426 e. The fourth-order valence-corrected chi connectivity index (χ4v) is 4.82. The first-order valence-corrected chi connectivity index (χ1v) is 13.2. The summed E-state index contributed by atoms with van der Waals surface area (Å²) in [6.45, 7) is 4.57. The molecule has 1 fully saturated rings. The topological polar surface area (TPSA) is 116 Å². The van der Waals surface area contributed by atoms with Gasteiger partial charge in [0.1, 0.15) is 0 Å². The van der Waals surface area contributed by atoms with Crippen LogP contribution in [0.3, 0.4) is 0 Å². The normalized spacial score (nSPS) is 16.4. The Kier molecular flexibility index (Phi) is 9.26. The number of amides is 1. The van der Waals surface area contributed by atoms with E-state index in [1.807, 2.05) is 85.5 Å². The van der Waals surface area contributed by atoms with E-state index < -0.39 is 25.0 Å². The number of anilines is 1. The molecule has 1 aromatic heterocycles. The zero-order chi connectivity index (χ0) is 27.1. The van der Waals surface area contributed by atoms with Gasteiger partial charge in [0.2, 0.25) is 11.9 Å². The van der Waals surface area contributed by atoms with Crippen molar-refractivity contribution in [3.05, 3.63) is 78.5 Å². The van der Waals surface area contributed by atoms with Crippen LogP contribution < -0.4 is 10.2 Å². The Labute approximate surface area is 224 Å². The molecule has 1 saturated heterocycles. The van der Waals surface area contributed by atoms with Gasteiger partial charge in [0, 0.05) is 30.6 Å². The molecular formula is C29H35BN4O4. The van der Waals surface area contributed by atoms with Gasteiger partial charge in [-0.25, -0.2) is 9.97 Å². The van der Waals surface area contributed by atoms with Crippen LogP contribution in [0.4, 0.5) is 5.95 Å². The van der Waals surface area contributed by atoms with Crippen molar-refractivity contribution in [1.82, 2.24) is 15.3 Å². The van der Waals surface area contributed by atoms with Crippen molar-refractivity contribution in [1.29, 1.82) is 0 Å². The average Bonchev–Trinajstić information content (AvgIpc) is 2.88. The van der Waals surface area contributed by atoms with E-state index in [2.05, 4.69) is 10.3 Å². The van der Waals surface area contributed by atoms with E-state index in [-0.39, 0.29) is 24.0 Å². The van der Waals surface area contributed by atoms with E-state index in [1.54, 1.807) is 6.20 Å². The van der Waals surface area contributed by atoms with Crippen molar-refractivity contribution in [2.75, 3.05) is 11.4 Å². The number of hydrogen-bond acceptors (Lipinski definition) is 7. The summed E-state index contributed by atoms with van der Waals surface area (Å²) in [5, 5.41) is 22.4. The fourth-order valence-electron chi connectivity index (χ4n) is 4.82. The van der Waals surface area contributed by atoms with Crippen LogP contribution >= 0.6 is 0 Å². The monoisotopic (exact) mass is 514 g/mol. The number of nitrogens with zero attached hydrogens (tertiary/aromatic N) is 3. The average molecular weight is 514 g/mol. The van der Waals surface area contributed by atoms with Crippen molar-refractivity contribution in [2.45, 2.75) is 51.5 Å². The summed E-state index contributed by atoms with van der Waals surface area (Å²) in [5.74, 6) is -1.19. The molecule has 1 unspecified atom stereocenters. The molecule has 9 heteroatoms. The van der Waals surface area contributed by atoms with Crippen molar-refractivity contribution >= 4 is 24.8 Å². The molecule has 3 aromatic rings. The third-order valence-corrected chi connectivity index (χ3v) is 6.92. The van der Waals surface area contributed by atoms with E-state index in [4.69, 9.17) is 4.98 Å². The second-order valence-corrected chi connectivity index (χ2v) is 10.3. The molecule has 198 valence electrons. The Bertz CT molecular complexity index is 1210. The van der Waals surface area contributed by atoms with Gasteiger partial charge in [0.25, 0.3) is 0 Å². The number of hydrogen-bond donors (Lipinski definition) is 3. The molecule has 0 spiro atoms. The summed E-state index contributed by atoms with van der Waals surface area (Å²) in [4.78, 5) is 37.8. The highest BCUT2D eigenvalue weighted by molar-refractivity contribution is 6.43. The summed E-state index contributed by atoms with van der Waals surface area (Å²) in [6.07, 6.45) is 3.20. The largest absolute Gasteiger partial charge is 0.475 e. The number of ketones is 1. The van der Waals surface area contributed by atoms with Crippen LogP contribution in [0.5, 0.6) is 0 Å². The summed E-state index contributed by atoms with van der Waals surface area (Å²) >= 11 is 0. The lowest BCUT2D eigenvalue weighted by atomic mass is 9.74. The minimum absolute atomic E-state index is 0.0379. The quantitative estimate of drug-likeness (QED) is 0.318. The molecule has 3 atom stereocenters. The van der Waals surface area contributed by atoms with Crippen LogP contribution in [0.15, 0.2) is 72.9 Å². The summed E-state index contributed by atoms with van der Waals surface area (Å²) in [5.41, 5.74) is 2.70. The lowest BCUT2D eigenvalue weighted by Crippen LogP contribution is -2.54. The van der Waals surface area contributed by atoms with Crippen LogP contribution in [-0.4, -0.2) is 57.4 Å². The molecule has 3 N–H and O–H groups in total. The van der Waals surface area contributed by atoms with Crippen molar-refractivity contribution in [2.24, 2.45) is 11.8 Å². The van der Waals surface area contributed by atoms with Gasteiger partial charge >= 0.3 is 7.12 Å². The number of rotatable bonds is 12. The molecule has 38 heavy (non-hydrogen) atoms. The zero-order valence-electron chi connectivity index (χ0n) is 21.9. The van der Waals surface area contributed by atoms with Crippen LogP contribution in [0.25, 0.3) is 11.3 Å². The van der Waals surface area contributed by atoms with Gasteiger partial charge in [-0.1, -0.05) is 74.5 Å². The van der Waals surface area contributed by atoms with Gasteiger partial charge in [-0.15, -0.1) is 0 Å². The third-order valence-electron chi connectivity index (χ3n) is 6.92. The maximum atomic E-state index is 13.5. The maximum absolute atomic E-state index is 13.5. The minimum Gasteiger partial charge on any atom is -0.426 e. The molecule has 2 heterocycles. The Hall–Kier alpha value is -3.56.